The van der Waals surface area contributed by atoms with Crippen molar-refractivity contribution in [1.82, 2.24) is 15.5 Å². The number of halogens is 1. The summed E-state index contributed by atoms with van der Waals surface area (Å²) in [6.07, 6.45) is 0.946. The van der Waals surface area contributed by atoms with E-state index < -0.39 is 0 Å². The molecule has 1 atom stereocenters. The van der Waals surface area contributed by atoms with Gasteiger partial charge in [0, 0.05) is 31.6 Å². The van der Waals surface area contributed by atoms with Crippen molar-refractivity contribution in [2.45, 2.75) is 53.0 Å². The van der Waals surface area contributed by atoms with Crippen LogP contribution in [0.5, 0.6) is 5.75 Å². The molecule has 2 N–H and O–H groups in total. The Kier molecular flexibility index (Phi) is 11.4. The second kappa shape index (κ2) is 12.9. The molecule has 29 heavy (non-hydrogen) atoms. The summed E-state index contributed by atoms with van der Waals surface area (Å²) in [5.41, 5.74) is 1.22. The molecule has 0 aromatic heterocycles. The smallest absolute Gasteiger partial charge is 0.225 e. The fraction of sp³-hybridized carbons (Fsp3) is 0.636. The highest BCUT2D eigenvalue weighted by molar-refractivity contribution is 14.0. The number of ether oxygens (including phenoxy) is 1. The topological polar surface area (TPSA) is 66.0 Å². The lowest BCUT2D eigenvalue weighted by Crippen LogP contribution is -2.45. The summed E-state index contributed by atoms with van der Waals surface area (Å²) < 4.78 is 5.96. The van der Waals surface area contributed by atoms with E-state index in [0.717, 1.165) is 37.8 Å². The first-order chi connectivity index (χ1) is 13.4. The maximum atomic E-state index is 12.2. The highest BCUT2D eigenvalue weighted by Crippen LogP contribution is 2.25. The maximum Gasteiger partial charge on any atom is 0.225 e. The van der Waals surface area contributed by atoms with Crippen LogP contribution in [0.15, 0.2) is 29.3 Å². The Hall–Kier alpha value is -1.51. The monoisotopic (exact) mass is 516 g/mol. The van der Waals surface area contributed by atoms with E-state index in [-0.39, 0.29) is 41.8 Å². The number of nitrogens with zero attached hydrogens (tertiary/aromatic N) is 2. The van der Waals surface area contributed by atoms with Crippen molar-refractivity contribution in [3.05, 3.63) is 29.8 Å². The lowest BCUT2D eigenvalue weighted by atomic mass is 10.0. The Morgan fingerprint density at radius 1 is 1.28 bits per heavy atom. The van der Waals surface area contributed by atoms with Gasteiger partial charge < -0.3 is 20.3 Å². The Morgan fingerprint density at radius 3 is 2.66 bits per heavy atom. The van der Waals surface area contributed by atoms with E-state index in [2.05, 4.69) is 42.5 Å². The molecule has 1 aliphatic heterocycles. The van der Waals surface area contributed by atoms with Gasteiger partial charge in [-0.15, -0.1) is 24.0 Å². The molecule has 1 fully saturated rings. The zero-order valence-electron chi connectivity index (χ0n) is 18.4. The second-order valence-corrected chi connectivity index (χ2v) is 7.87. The van der Waals surface area contributed by atoms with E-state index in [0.29, 0.717) is 19.1 Å². The predicted molar refractivity (Wildman–Crippen MR) is 130 cm³/mol. The quantitative estimate of drug-likeness (QED) is 0.240. The Balaban J connectivity index is 0.00000420. The number of carbonyl (C=O) groups is 1. The maximum absolute atomic E-state index is 12.2. The predicted octanol–water partition coefficient (Wildman–Crippen LogP) is 3.62. The number of likely N-dealkylation sites (tertiary alicyclic amines) is 1. The number of hydrogen-bond acceptors (Lipinski definition) is 3. The van der Waals surface area contributed by atoms with Gasteiger partial charge in [0.15, 0.2) is 5.96 Å². The number of benzene rings is 1. The second-order valence-electron chi connectivity index (χ2n) is 7.87. The number of nitrogens with one attached hydrogen (secondary N) is 2. The van der Waals surface area contributed by atoms with Crippen LogP contribution in [0.2, 0.25) is 0 Å². The standard InChI is InChI=1S/C22H36N4O2.HI/c1-6-23-22(25-18-11-13-26(15-18)21(27)17(4)5)24-12-14-28-20-10-8-7-9-19(20)16(2)3;/h7-10,16-18H,6,11-15H2,1-5H3,(H2,23,24,25);1H. The van der Waals surface area contributed by atoms with Crippen molar-refractivity contribution < 1.29 is 9.53 Å². The Morgan fingerprint density at radius 2 is 2.00 bits per heavy atom. The summed E-state index contributed by atoms with van der Waals surface area (Å²) in [6.45, 7) is 13.7. The largest absolute Gasteiger partial charge is 0.491 e. The molecule has 0 bridgehead atoms. The molecule has 1 aromatic rings. The average Bonchev–Trinajstić information content (AvgIpc) is 3.13. The molecule has 2 rings (SSSR count). The molecule has 0 aliphatic carbocycles. The first kappa shape index (κ1) is 25.5. The molecule has 0 saturated carbocycles. The zero-order chi connectivity index (χ0) is 20.5. The van der Waals surface area contributed by atoms with Crippen LogP contribution in [-0.4, -0.2) is 55.6 Å². The summed E-state index contributed by atoms with van der Waals surface area (Å²) in [5.74, 6) is 2.42. The third kappa shape index (κ3) is 8.03. The van der Waals surface area contributed by atoms with Crippen LogP contribution in [0.3, 0.4) is 0 Å². The molecule has 0 spiro atoms. The van der Waals surface area contributed by atoms with Crippen molar-refractivity contribution >= 4 is 35.8 Å². The minimum Gasteiger partial charge on any atom is -0.491 e. The summed E-state index contributed by atoms with van der Waals surface area (Å²) in [5, 5.41) is 6.74. The summed E-state index contributed by atoms with van der Waals surface area (Å²) >= 11 is 0. The number of aliphatic imine (C=N–C) groups is 1. The molecule has 0 radical (unpaired) electrons. The van der Waals surface area contributed by atoms with Gasteiger partial charge in [0.2, 0.25) is 5.91 Å². The molecule has 1 unspecified atom stereocenters. The normalized spacial score (nSPS) is 16.7. The van der Waals surface area contributed by atoms with Crippen LogP contribution in [0, 0.1) is 5.92 Å². The highest BCUT2D eigenvalue weighted by Gasteiger charge is 2.27. The molecular formula is C22H37IN4O2. The van der Waals surface area contributed by atoms with Crippen LogP contribution >= 0.6 is 24.0 Å². The fourth-order valence-corrected chi connectivity index (χ4v) is 3.36. The van der Waals surface area contributed by atoms with Gasteiger partial charge >= 0.3 is 0 Å². The number of rotatable bonds is 8. The SMILES string of the molecule is CCNC(=NCCOc1ccccc1C(C)C)NC1CCN(C(=O)C(C)C)C1.I. The summed E-state index contributed by atoms with van der Waals surface area (Å²) in [7, 11) is 0. The minimum atomic E-state index is 0. The van der Waals surface area contributed by atoms with Crippen molar-refractivity contribution in [2.75, 3.05) is 32.8 Å². The average molecular weight is 516 g/mol. The molecule has 1 heterocycles. The van der Waals surface area contributed by atoms with Gasteiger partial charge in [-0.3, -0.25) is 4.79 Å². The van der Waals surface area contributed by atoms with E-state index in [9.17, 15) is 4.79 Å². The number of para-hydroxylation sites is 1. The van der Waals surface area contributed by atoms with Crippen molar-refractivity contribution in [3.63, 3.8) is 0 Å². The van der Waals surface area contributed by atoms with Crippen molar-refractivity contribution in [2.24, 2.45) is 10.9 Å². The van der Waals surface area contributed by atoms with E-state index in [4.69, 9.17) is 4.74 Å². The number of amides is 1. The third-order valence-electron chi connectivity index (χ3n) is 4.84. The number of carbonyl (C=O) groups excluding carboxylic acids is 1. The molecule has 1 saturated heterocycles. The van der Waals surface area contributed by atoms with E-state index in [1.807, 2.05) is 36.9 Å². The van der Waals surface area contributed by atoms with E-state index in [1.165, 1.54) is 5.56 Å². The Bertz CT molecular complexity index is 664. The lowest BCUT2D eigenvalue weighted by Gasteiger charge is -2.20. The number of hydrogen-bond donors (Lipinski definition) is 2. The van der Waals surface area contributed by atoms with Crippen molar-refractivity contribution in [1.29, 1.82) is 0 Å². The molecule has 1 aromatic carbocycles. The molecule has 164 valence electrons. The minimum absolute atomic E-state index is 0. The highest BCUT2D eigenvalue weighted by atomic mass is 127. The van der Waals surface area contributed by atoms with Gasteiger partial charge in [0.25, 0.3) is 0 Å². The third-order valence-corrected chi connectivity index (χ3v) is 4.84. The van der Waals surface area contributed by atoms with Gasteiger partial charge in [-0.25, -0.2) is 4.99 Å². The molecule has 6 nitrogen and oxygen atoms in total. The molecular weight excluding hydrogens is 479 g/mol. The summed E-state index contributed by atoms with van der Waals surface area (Å²) in [6, 6.07) is 8.41. The van der Waals surface area contributed by atoms with Crippen LogP contribution in [-0.2, 0) is 4.79 Å². The first-order valence-corrected chi connectivity index (χ1v) is 10.5. The van der Waals surface area contributed by atoms with Gasteiger partial charge in [-0.05, 0) is 30.9 Å². The van der Waals surface area contributed by atoms with E-state index in [1.54, 1.807) is 0 Å². The molecule has 1 amide bonds. The van der Waals surface area contributed by atoms with Gasteiger partial charge in [-0.1, -0.05) is 45.9 Å². The zero-order valence-corrected chi connectivity index (χ0v) is 20.7. The van der Waals surface area contributed by atoms with Gasteiger partial charge in [0.05, 0.1) is 6.54 Å². The lowest BCUT2D eigenvalue weighted by molar-refractivity contribution is -0.133. The number of guanidine groups is 1. The Labute approximate surface area is 192 Å². The summed E-state index contributed by atoms with van der Waals surface area (Å²) in [4.78, 5) is 18.7. The molecule has 1 aliphatic rings. The van der Waals surface area contributed by atoms with Gasteiger partial charge in [0.1, 0.15) is 12.4 Å². The van der Waals surface area contributed by atoms with Crippen LogP contribution in [0.1, 0.15) is 52.5 Å². The van der Waals surface area contributed by atoms with Crippen LogP contribution in [0.25, 0.3) is 0 Å². The van der Waals surface area contributed by atoms with Crippen LogP contribution in [0.4, 0.5) is 0 Å². The van der Waals surface area contributed by atoms with E-state index >= 15 is 0 Å². The van der Waals surface area contributed by atoms with Crippen LogP contribution < -0.4 is 15.4 Å². The fourth-order valence-electron chi connectivity index (χ4n) is 3.36. The molecule has 7 heteroatoms. The van der Waals surface area contributed by atoms with Gasteiger partial charge in [-0.2, -0.15) is 0 Å². The van der Waals surface area contributed by atoms with Crippen molar-refractivity contribution in [3.8, 4) is 5.75 Å². The first-order valence-electron chi connectivity index (χ1n) is 10.5.